The summed E-state index contributed by atoms with van der Waals surface area (Å²) in [5, 5.41) is 8.43. The van der Waals surface area contributed by atoms with E-state index in [0.717, 1.165) is 18.6 Å². The minimum absolute atomic E-state index is 0.0497. The second kappa shape index (κ2) is 7.21. The summed E-state index contributed by atoms with van der Waals surface area (Å²) >= 11 is 0. The minimum atomic E-state index is -0.387. The summed E-state index contributed by atoms with van der Waals surface area (Å²) in [6, 6.07) is 1.84. The highest BCUT2D eigenvalue weighted by Crippen LogP contribution is 2.63. The molecule has 1 aromatic rings. The molecule has 7 nitrogen and oxygen atoms in total. The van der Waals surface area contributed by atoms with Crippen LogP contribution in [0.1, 0.15) is 52.9 Å². The van der Waals surface area contributed by atoms with Gasteiger partial charge in [-0.1, -0.05) is 20.8 Å². The van der Waals surface area contributed by atoms with Crippen molar-refractivity contribution in [1.29, 1.82) is 0 Å². The highest BCUT2D eigenvalue weighted by atomic mass is 16.5. The molecule has 142 valence electrons. The molecule has 3 rings (SSSR count). The van der Waals surface area contributed by atoms with E-state index in [1.54, 1.807) is 10.9 Å². The average Bonchev–Trinajstić information content (AvgIpc) is 3.23. The molecule has 1 N–H and O–H groups in total. The molecule has 0 aromatic carbocycles. The predicted octanol–water partition coefficient (Wildman–Crippen LogP) is 2.52. The molecule has 2 unspecified atom stereocenters. The number of aromatic nitrogens is 2. The smallest absolute Gasteiger partial charge is 0.306 e. The van der Waals surface area contributed by atoms with Crippen LogP contribution in [0.25, 0.3) is 0 Å². The summed E-state index contributed by atoms with van der Waals surface area (Å²) in [4.78, 5) is 23.6. The number of hydrogen-bond acceptors (Lipinski definition) is 5. The Hall–Kier alpha value is -2.18. The first-order valence-electron chi connectivity index (χ1n) is 9.32. The number of nitrogens with one attached hydrogen (secondary N) is 1. The lowest BCUT2D eigenvalue weighted by atomic mass is 9.70. The Morgan fingerprint density at radius 3 is 2.85 bits per heavy atom. The highest BCUT2D eigenvalue weighted by molar-refractivity contribution is 5.95. The van der Waals surface area contributed by atoms with Gasteiger partial charge in [0.2, 0.25) is 0 Å². The number of rotatable bonds is 7. The second-order valence-electron chi connectivity index (χ2n) is 8.12. The van der Waals surface area contributed by atoms with E-state index >= 15 is 0 Å². The summed E-state index contributed by atoms with van der Waals surface area (Å²) in [5.41, 5.74) is 3.90. The Balaban J connectivity index is 1.39. The number of hydrazone groups is 1. The predicted molar refractivity (Wildman–Crippen MR) is 97.2 cm³/mol. The van der Waals surface area contributed by atoms with Crippen molar-refractivity contribution in [2.45, 2.75) is 59.4 Å². The van der Waals surface area contributed by atoms with Crippen molar-refractivity contribution >= 4 is 17.6 Å². The number of nitrogens with zero attached hydrogens (tertiary/aromatic N) is 3. The lowest BCUT2D eigenvalue weighted by Gasteiger charge is -2.34. The van der Waals surface area contributed by atoms with E-state index in [4.69, 9.17) is 4.74 Å². The van der Waals surface area contributed by atoms with E-state index in [2.05, 4.69) is 36.4 Å². The number of fused-ring (bicyclic) bond motifs is 2. The van der Waals surface area contributed by atoms with E-state index in [0.29, 0.717) is 18.9 Å². The molecule has 2 atom stereocenters. The number of ether oxygens (including phenoxy) is 1. The second-order valence-corrected chi connectivity index (χ2v) is 8.12. The third-order valence-corrected chi connectivity index (χ3v) is 6.52. The molecule has 1 heterocycles. The molecule has 1 aromatic heterocycles. The van der Waals surface area contributed by atoms with Crippen molar-refractivity contribution < 1.29 is 14.3 Å². The van der Waals surface area contributed by atoms with Crippen LogP contribution in [-0.4, -0.2) is 34.0 Å². The minimum Gasteiger partial charge on any atom is -0.455 e. The topological polar surface area (TPSA) is 85.6 Å². The molecular weight excluding hydrogens is 332 g/mol. The van der Waals surface area contributed by atoms with Crippen molar-refractivity contribution in [2.75, 3.05) is 6.61 Å². The number of amides is 1. The molecule has 2 aliphatic rings. The molecule has 1 amide bonds. The van der Waals surface area contributed by atoms with Crippen molar-refractivity contribution in [3.05, 3.63) is 18.5 Å². The van der Waals surface area contributed by atoms with Crippen LogP contribution in [0.2, 0.25) is 0 Å². The number of hydrogen-bond donors (Lipinski definition) is 1. The van der Waals surface area contributed by atoms with Crippen LogP contribution in [0.5, 0.6) is 0 Å². The lowest BCUT2D eigenvalue weighted by Crippen LogP contribution is -2.34. The molecule has 2 bridgehead atoms. The van der Waals surface area contributed by atoms with E-state index in [9.17, 15) is 9.59 Å². The number of esters is 1. The van der Waals surface area contributed by atoms with Gasteiger partial charge in [0, 0.05) is 36.5 Å². The molecule has 0 radical (unpaired) electrons. The number of carbonyl (C=O) groups is 2. The Kier molecular flexibility index (Phi) is 5.16. The maximum atomic E-state index is 11.9. The Bertz CT molecular complexity index is 696. The van der Waals surface area contributed by atoms with Gasteiger partial charge in [0.15, 0.2) is 6.61 Å². The van der Waals surface area contributed by atoms with E-state index < -0.39 is 0 Å². The fraction of sp³-hybridized carbons (Fsp3) is 0.684. The largest absolute Gasteiger partial charge is 0.455 e. The molecule has 0 aliphatic heterocycles. The third-order valence-electron chi connectivity index (χ3n) is 6.52. The fourth-order valence-corrected chi connectivity index (χ4v) is 4.30. The zero-order valence-corrected chi connectivity index (χ0v) is 15.8. The molecule has 2 aliphatic carbocycles. The molecule has 0 saturated heterocycles. The fourth-order valence-electron chi connectivity index (χ4n) is 4.30. The lowest BCUT2D eigenvalue weighted by molar-refractivity contribution is -0.148. The Morgan fingerprint density at radius 2 is 2.23 bits per heavy atom. The first-order valence-corrected chi connectivity index (χ1v) is 9.32. The van der Waals surface area contributed by atoms with E-state index in [1.807, 2.05) is 12.3 Å². The maximum absolute atomic E-state index is 11.9. The highest BCUT2D eigenvalue weighted by Gasteiger charge is 2.59. The summed E-state index contributed by atoms with van der Waals surface area (Å²) < 4.78 is 6.77. The van der Waals surface area contributed by atoms with Gasteiger partial charge in [-0.15, -0.1) is 0 Å². The van der Waals surface area contributed by atoms with Crippen molar-refractivity contribution in [3.8, 4) is 0 Å². The van der Waals surface area contributed by atoms with Crippen LogP contribution < -0.4 is 5.43 Å². The van der Waals surface area contributed by atoms with Gasteiger partial charge in [0.1, 0.15) is 0 Å². The van der Waals surface area contributed by atoms with Crippen LogP contribution in [0, 0.1) is 16.7 Å². The van der Waals surface area contributed by atoms with Crippen LogP contribution in [0.4, 0.5) is 0 Å². The first-order chi connectivity index (χ1) is 12.3. The standard InChI is InChI=1S/C19H28N4O3/c1-18(2)14-7-8-19(18,3)15(12-14)21-22-16(24)13-26-17(25)6-4-10-23-11-5-9-20-23/h5,9,11,14H,4,6-8,10,12-13H2,1-3H3,(H,22,24). The van der Waals surface area contributed by atoms with Crippen molar-refractivity contribution in [2.24, 2.45) is 21.8 Å². The van der Waals surface area contributed by atoms with Gasteiger partial charge in [-0.05, 0) is 43.1 Å². The van der Waals surface area contributed by atoms with Gasteiger partial charge in [0.05, 0.1) is 0 Å². The molecule has 2 saturated carbocycles. The van der Waals surface area contributed by atoms with Gasteiger partial charge in [-0.2, -0.15) is 10.2 Å². The van der Waals surface area contributed by atoms with Crippen molar-refractivity contribution in [3.63, 3.8) is 0 Å². The van der Waals surface area contributed by atoms with Crippen molar-refractivity contribution in [1.82, 2.24) is 15.2 Å². The Labute approximate surface area is 154 Å². The number of aryl methyl sites for hydroxylation is 1. The van der Waals surface area contributed by atoms with Gasteiger partial charge >= 0.3 is 5.97 Å². The Morgan fingerprint density at radius 1 is 1.42 bits per heavy atom. The van der Waals surface area contributed by atoms with Crippen LogP contribution in [-0.2, 0) is 20.9 Å². The van der Waals surface area contributed by atoms with Gasteiger partial charge in [-0.3, -0.25) is 14.3 Å². The molecule has 7 heteroatoms. The summed E-state index contributed by atoms with van der Waals surface area (Å²) in [7, 11) is 0. The average molecular weight is 360 g/mol. The van der Waals surface area contributed by atoms with Crippen LogP contribution in [0.3, 0.4) is 0 Å². The summed E-state index contributed by atoms with van der Waals surface area (Å²) in [6.45, 7) is 7.18. The molecular formula is C19H28N4O3. The van der Waals surface area contributed by atoms with E-state index in [-0.39, 0.29) is 35.7 Å². The van der Waals surface area contributed by atoms with Gasteiger partial charge < -0.3 is 4.74 Å². The summed E-state index contributed by atoms with van der Waals surface area (Å²) in [6.07, 6.45) is 7.71. The first kappa shape index (κ1) is 18.6. The van der Waals surface area contributed by atoms with Crippen LogP contribution >= 0.6 is 0 Å². The monoisotopic (exact) mass is 360 g/mol. The van der Waals surface area contributed by atoms with Crippen LogP contribution in [0.15, 0.2) is 23.6 Å². The third kappa shape index (κ3) is 3.52. The SMILES string of the molecule is CC12CCC(CC1=NNC(=O)COC(=O)CCCn1cccn1)C2(C)C. The normalized spacial score (nSPS) is 27.7. The summed E-state index contributed by atoms with van der Waals surface area (Å²) in [5.74, 6) is -0.133. The number of carbonyl (C=O) groups excluding carboxylic acids is 2. The molecule has 26 heavy (non-hydrogen) atoms. The molecule has 0 spiro atoms. The van der Waals surface area contributed by atoms with Gasteiger partial charge in [0.25, 0.3) is 5.91 Å². The van der Waals surface area contributed by atoms with Gasteiger partial charge in [-0.25, -0.2) is 5.43 Å². The zero-order chi connectivity index (χ0) is 18.8. The zero-order valence-electron chi connectivity index (χ0n) is 15.8. The maximum Gasteiger partial charge on any atom is 0.306 e. The molecule has 2 fully saturated rings. The quantitative estimate of drug-likeness (QED) is 0.598. The van der Waals surface area contributed by atoms with E-state index in [1.165, 1.54) is 6.42 Å².